The average molecular weight is 367 g/mol. The third-order valence-electron chi connectivity index (χ3n) is 3.47. The molecule has 0 saturated heterocycles. The van der Waals surface area contributed by atoms with Crippen LogP contribution in [-0.2, 0) is 6.61 Å². The molecule has 0 fully saturated rings. The molecule has 1 heterocycles. The van der Waals surface area contributed by atoms with Crippen molar-refractivity contribution < 1.29 is 14.3 Å². The molecule has 0 saturated carbocycles. The van der Waals surface area contributed by atoms with Gasteiger partial charge in [0, 0.05) is 21.8 Å². The fourth-order valence-corrected chi connectivity index (χ4v) is 2.87. The van der Waals surface area contributed by atoms with Crippen LogP contribution in [0.15, 0.2) is 66.0 Å². The largest absolute Gasteiger partial charge is 0.488 e. The molecule has 3 aromatic rings. The van der Waals surface area contributed by atoms with E-state index in [0.29, 0.717) is 29.3 Å². The number of carbonyl (C=O) groups is 2. The van der Waals surface area contributed by atoms with E-state index in [4.69, 9.17) is 10.5 Å². The number of ether oxygens (including phenoxy) is 1. The van der Waals surface area contributed by atoms with E-state index < -0.39 is 6.03 Å². The summed E-state index contributed by atoms with van der Waals surface area (Å²) in [5, 5.41) is 7.25. The van der Waals surface area contributed by atoms with Crippen molar-refractivity contribution in [3.8, 4) is 5.75 Å². The summed E-state index contributed by atoms with van der Waals surface area (Å²) >= 11 is 1.62. The van der Waals surface area contributed by atoms with Gasteiger partial charge in [-0.1, -0.05) is 12.1 Å². The van der Waals surface area contributed by atoms with Gasteiger partial charge in [0.1, 0.15) is 12.4 Å². The third-order valence-corrected chi connectivity index (χ3v) is 4.32. The lowest BCUT2D eigenvalue weighted by atomic mass is 10.2. The molecular weight excluding hydrogens is 350 g/mol. The van der Waals surface area contributed by atoms with E-state index in [-0.39, 0.29) is 5.91 Å². The molecule has 4 N–H and O–H groups in total. The summed E-state index contributed by atoms with van der Waals surface area (Å²) in [6.07, 6.45) is 0. The number of primary amides is 1. The molecule has 3 rings (SSSR count). The molecule has 0 unspecified atom stereocenters. The SMILES string of the molecule is NC(=O)Nc1ccc(NC(=O)c2cccc(OCc3cccs3)c2)cc1. The van der Waals surface area contributed by atoms with Crippen molar-refractivity contribution in [1.29, 1.82) is 0 Å². The van der Waals surface area contributed by atoms with Gasteiger partial charge in [0.05, 0.1) is 0 Å². The second-order valence-corrected chi connectivity index (χ2v) is 6.45. The first-order valence-electron chi connectivity index (χ1n) is 7.83. The quantitative estimate of drug-likeness (QED) is 0.613. The van der Waals surface area contributed by atoms with Gasteiger partial charge in [0.25, 0.3) is 5.91 Å². The number of benzene rings is 2. The Labute approximate surface area is 154 Å². The predicted molar refractivity (Wildman–Crippen MR) is 103 cm³/mol. The van der Waals surface area contributed by atoms with Crippen LogP contribution in [0.25, 0.3) is 0 Å². The Morgan fingerprint density at radius 1 is 0.962 bits per heavy atom. The fourth-order valence-electron chi connectivity index (χ4n) is 2.26. The smallest absolute Gasteiger partial charge is 0.316 e. The summed E-state index contributed by atoms with van der Waals surface area (Å²) in [6, 6.07) is 17.0. The number of nitrogens with two attached hydrogens (primary N) is 1. The Balaban J connectivity index is 1.62. The van der Waals surface area contributed by atoms with Crippen molar-refractivity contribution in [1.82, 2.24) is 0 Å². The number of hydrogen-bond acceptors (Lipinski definition) is 4. The second kappa shape index (κ2) is 8.17. The van der Waals surface area contributed by atoms with Gasteiger partial charge in [-0.3, -0.25) is 4.79 Å². The topological polar surface area (TPSA) is 93.5 Å². The van der Waals surface area contributed by atoms with Gasteiger partial charge >= 0.3 is 6.03 Å². The highest BCUT2D eigenvalue weighted by Crippen LogP contribution is 2.19. The maximum Gasteiger partial charge on any atom is 0.316 e. The van der Waals surface area contributed by atoms with Crippen LogP contribution >= 0.6 is 11.3 Å². The summed E-state index contributed by atoms with van der Waals surface area (Å²) < 4.78 is 5.72. The van der Waals surface area contributed by atoms with E-state index in [9.17, 15) is 9.59 Å². The maximum atomic E-state index is 12.4. The van der Waals surface area contributed by atoms with Gasteiger partial charge in [-0.2, -0.15) is 0 Å². The molecule has 3 amide bonds. The fraction of sp³-hybridized carbons (Fsp3) is 0.0526. The highest BCUT2D eigenvalue weighted by molar-refractivity contribution is 7.09. The van der Waals surface area contributed by atoms with Crippen LogP contribution in [0.2, 0.25) is 0 Å². The normalized spacial score (nSPS) is 10.2. The molecule has 0 aliphatic rings. The van der Waals surface area contributed by atoms with Crippen LogP contribution in [0.1, 0.15) is 15.2 Å². The zero-order valence-electron chi connectivity index (χ0n) is 13.8. The summed E-state index contributed by atoms with van der Waals surface area (Å²) in [5.74, 6) is 0.384. The Hall–Kier alpha value is -3.32. The van der Waals surface area contributed by atoms with Crippen molar-refractivity contribution in [2.24, 2.45) is 5.73 Å². The third kappa shape index (κ3) is 4.84. The summed E-state index contributed by atoms with van der Waals surface area (Å²) in [6.45, 7) is 0.469. The molecule has 1 aromatic heterocycles. The highest BCUT2D eigenvalue weighted by Gasteiger charge is 2.08. The van der Waals surface area contributed by atoms with Crippen LogP contribution in [-0.4, -0.2) is 11.9 Å². The molecule has 0 aliphatic heterocycles. The Bertz CT molecular complexity index is 893. The summed E-state index contributed by atoms with van der Waals surface area (Å²) in [5.41, 5.74) is 6.71. The van der Waals surface area contributed by atoms with Gasteiger partial charge < -0.3 is 21.1 Å². The Morgan fingerprint density at radius 2 is 1.69 bits per heavy atom. The summed E-state index contributed by atoms with van der Waals surface area (Å²) in [7, 11) is 0. The minimum Gasteiger partial charge on any atom is -0.488 e. The van der Waals surface area contributed by atoms with Crippen molar-refractivity contribution >= 4 is 34.6 Å². The van der Waals surface area contributed by atoms with Crippen LogP contribution in [0.5, 0.6) is 5.75 Å². The zero-order chi connectivity index (χ0) is 18.4. The van der Waals surface area contributed by atoms with Crippen LogP contribution < -0.4 is 21.1 Å². The Kier molecular flexibility index (Phi) is 5.50. The van der Waals surface area contributed by atoms with E-state index in [1.54, 1.807) is 53.8 Å². The molecule has 2 aromatic carbocycles. The predicted octanol–water partition coefficient (Wildman–Crippen LogP) is 4.07. The van der Waals surface area contributed by atoms with Crippen molar-refractivity contribution in [3.63, 3.8) is 0 Å². The molecular formula is C19H17N3O3S. The number of carbonyl (C=O) groups excluding carboxylic acids is 2. The number of nitrogens with one attached hydrogen (secondary N) is 2. The van der Waals surface area contributed by atoms with E-state index in [0.717, 1.165) is 4.88 Å². The molecule has 26 heavy (non-hydrogen) atoms. The average Bonchev–Trinajstić information content (AvgIpc) is 3.15. The first-order valence-corrected chi connectivity index (χ1v) is 8.71. The number of amides is 3. The molecule has 0 atom stereocenters. The van der Waals surface area contributed by atoms with Gasteiger partial charge in [0.15, 0.2) is 0 Å². The molecule has 0 aliphatic carbocycles. The van der Waals surface area contributed by atoms with E-state index in [1.807, 2.05) is 23.6 Å². The minimum atomic E-state index is -0.638. The van der Waals surface area contributed by atoms with Gasteiger partial charge in [-0.15, -0.1) is 11.3 Å². The van der Waals surface area contributed by atoms with Crippen LogP contribution in [0, 0.1) is 0 Å². The van der Waals surface area contributed by atoms with Crippen LogP contribution in [0.3, 0.4) is 0 Å². The van der Waals surface area contributed by atoms with Gasteiger partial charge in [-0.25, -0.2) is 4.79 Å². The van der Waals surface area contributed by atoms with E-state index in [1.165, 1.54) is 0 Å². The van der Waals surface area contributed by atoms with E-state index in [2.05, 4.69) is 10.6 Å². The number of thiophene rings is 1. The molecule has 0 bridgehead atoms. The van der Waals surface area contributed by atoms with Crippen molar-refractivity contribution in [2.45, 2.75) is 6.61 Å². The van der Waals surface area contributed by atoms with Gasteiger partial charge in [0.2, 0.25) is 0 Å². The Morgan fingerprint density at radius 3 is 2.35 bits per heavy atom. The molecule has 132 valence electrons. The lowest BCUT2D eigenvalue weighted by molar-refractivity contribution is 0.102. The number of urea groups is 1. The summed E-state index contributed by atoms with van der Waals surface area (Å²) in [4.78, 5) is 24.3. The first kappa shape index (κ1) is 17.5. The molecule has 0 radical (unpaired) electrons. The second-order valence-electron chi connectivity index (χ2n) is 5.42. The zero-order valence-corrected chi connectivity index (χ0v) is 14.6. The monoisotopic (exact) mass is 367 g/mol. The highest BCUT2D eigenvalue weighted by atomic mass is 32.1. The van der Waals surface area contributed by atoms with Crippen LogP contribution in [0.4, 0.5) is 16.2 Å². The lowest BCUT2D eigenvalue weighted by Crippen LogP contribution is -2.19. The number of rotatable bonds is 6. The maximum absolute atomic E-state index is 12.4. The molecule has 0 spiro atoms. The van der Waals surface area contributed by atoms with E-state index >= 15 is 0 Å². The molecule has 6 nitrogen and oxygen atoms in total. The first-order chi connectivity index (χ1) is 12.6. The number of hydrogen-bond donors (Lipinski definition) is 3. The minimum absolute atomic E-state index is 0.248. The lowest BCUT2D eigenvalue weighted by Gasteiger charge is -2.09. The molecule has 7 heteroatoms. The standard InChI is InChI=1S/C19H17N3O3S/c20-19(24)22-15-8-6-14(7-9-15)21-18(23)13-3-1-4-16(11-13)25-12-17-5-2-10-26-17/h1-11H,12H2,(H,21,23)(H3,20,22,24). The number of anilines is 2. The van der Waals surface area contributed by atoms with Gasteiger partial charge in [-0.05, 0) is 53.9 Å². The van der Waals surface area contributed by atoms with Crippen molar-refractivity contribution in [2.75, 3.05) is 10.6 Å². The van der Waals surface area contributed by atoms with Crippen molar-refractivity contribution in [3.05, 3.63) is 76.5 Å².